The van der Waals surface area contributed by atoms with E-state index in [0.717, 1.165) is 0 Å². The van der Waals surface area contributed by atoms with Crippen LogP contribution in [0.25, 0.3) is 0 Å². The molecule has 0 saturated carbocycles. The molecule has 2 aromatic rings. The van der Waals surface area contributed by atoms with Crippen LogP contribution in [0.4, 0.5) is 4.39 Å². The first-order valence-electron chi connectivity index (χ1n) is 6.70. The lowest BCUT2D eigenvalue weighted by molar-refractivity contribution is 0.0844. The molecule has 0 bridgehead atoms. The molecule has 0 aliphatic heterocycles. The quantitative estimate of drug-likeness (QED) is 0.852. The van der Waals surface area contributed by atoms with Crippen LogP contribution in [-0.2, 0) is 0 Å². The van der Waals surface area contributed by atoms with Crippen molar-refractivity contribution in [1.29, 1.82) is 0 Å². The first-order chi connectivity index (χ1) is 10.6. The average molecular weight is 302 g/mol. The number of halogens is 1. The molecule has 0 atom stereocenters. The molecule has 5 nitrogen and oxygen atoms in total. The number of nitrogens with one attached hydrogen (secondary N) is 2. The zero-order valence-electron chi connectivity index (χ0n) is 11.9. The van der Waals surface area contributed by atoms with Crippen LogP contribution in [0.1, 0.15) is 27.6 Å². The Hall–Kier alpha value is -2.89. The second-order valence-corrected chi connectivity index (χ2v) is 4.35. The molecule has 2 amide bonds. The molecule has 2 N–H and O–H groups in total. The van der Waals surface area contributed by atoms with Gasteiger partial charge < -0.3 is 4.74 Å². The highest BCUT2D eigenvalue weighted by Crippen LogP contribution is 2.11. The summed E-state index contributed by atoms with van der Waals surface area (Å²) >= 11 is 0. The van der Waals surface area contributed by atoms with Crippen molar-refractivity contribution in [2.24, 2.45) is 0 Å². The monoisotopic (exact) mass is 302 g/mol. The zero-order valence-corrected chi connectivity index (χ0v) is 11.9. The van der Waals surface area contributed by atoms with E-state index < -0.39 is 17.6 Å². The number of hydrogen-bond acceptors (Lipinski definition) is 3. The van der Waals surface area contributed by atoms with Gasteiger partial charge in [0.15, 0.2) is 0 Å². The minimum atomic E-state index is -0.725. The molecule has 0 aliphatic rings. The van der Waals surface area contributed by atoms with Crippen LogP contribution in [0.3, 0.4) is 0 Å². The fraction of sp³-hybridized carbons (Fsp3) is 0.125. The van der Waals surface area contributed by atoms with Gasteiger partial charge >= 0.3 is 0 Å². The summed E-state index contributed by atoms with van der Waals surface area (Å²) < 4.78 is 18.7. The summed E-state index contributed by atoms with van der Waals surface area (Å²) in [4.78, 5) is 23.6. The molecular weight excluding hydrogens is 287 g/mol. The van der Waals surface area contributed by atoms with Gasteiger partial charge in [0.25, 0.3) is 11.8 Å². The van der Waals surface area contributed by atoms with Crippen molar-refractivity contribution in [3.8, 4) is 5.75 Å². The first-order valence-corrected chi connectivity index (χ1v) is 6.70. The third kappa shape index (κ3) is 3.82. The fourth-order valence-corrected chi connectivity index (χ4v) is 1.77. The van der Waals surface area contributed by atoms with Crippen molar-refractivity contribution in [2.45, 2.75) is 6.92 Å². The normalized spacial score (nSPS) is 9.91. The lowest BCUT2D eigenvalue weighted by Crippen LogP contribution is -2.41. The maximum Gasteiger partial charge on any atom is 0.272 e. The molecular formula is C16H15FN2O3. The highest BCUT2D eigenvalue weighted by molar-refractivity contribution is 5.99. The van der Waals surface area contributed by atoms with Crippen molar-refractivity contribution in [3.05, 3.63) is 65.5 Å². The number of benzene rings is 2. The van der Waals surface area contributed by atoms with Crippen LogP contribution in [0, 0.1) is 5.82 Å². The third-order valence-corrected chi connectivity index (χ3v) is 2.84. The summed E-state index contributed by atoms with van der Waals surface area (Å²) in [6.07, 6.45) is 0. The van der Waals surface area contributed by atoms with Gasteiger partial charge in [-0.15, -0.1) is 0 Å². The molecule has 2 aromatic carbocycles. The summed E-state index contributed by atoms with van der Waals surface area (Å²) in [6, 6.07) is 11.9. The number of hydrazine groups is 1. The van der Waals surface area contributed by atoms with Crippen LogP contribution in [0.2, 0.25) is 0 Å². The molecule has 0 aromatic heterocycles. The summed E-state index contributed by atoms with van der Waals surface area (Å²) in [5, 5.41) is 0. The fourth-order valence-electron chi connectivity index (χ4n) is 1.77. The van der Waals surface area contributed by atoms with Gasteiger partial charge in [-0.25, -0.2) is 4.39 Å². The molecule has 0 unspecified atom stereocenters. The topological polar surface area (TPSA) is 67.4 Å². The molecule has 0 aliphatic carbocycles. The highest BCUT2D eigenvalue weighted by atomic mass is 19.1. The molecule has 2 rings (SSSR count). The van der Waals surface area contributed by atoms with E-state index in [-0.39, 0.29) is 5.56 Å². The molecule has 0 radical (unpaired) electrons. The lowest BCUT2D eigenvalue weighted by Gasteiger charge is -2.08. The lowest BCUT2D eigenvalue weighted by atomic mass is 10.2. The predicted molar refractivity (Wildman–Crippen MR) is 78.9 cm³/mol. The largest absolute Gasteiger partial charge is 0.494 e. The molecule has 0 spiro atoms. The Morgan fingerprint density at radius 1 is 1.00 bits per heavy atom. The number of rotatable bonds is 4. The number of ether oxygens (including phenoxy) is 1. The van der Waals surface area contributed by atoms with E-state index in [1.807, 2.05) is 6.92 Å². The molecule has 0 saturated heterocycles. The average Bonchev–Trinajstić information content (AvgIpc) is 2.54. The highest BCUT2D eigenvalue weighted by Gasteiger charge is 2.12. The minimum absolute atomic E-state index is 0.144. The van der Waals surface area contributed by atoms with Crippen molar-refractivity contribution in [3.63, 3.8) is 0 Å². The second-order valence-electron chi connectivity index (χ2n) is 4.35. The Bertz CT molecular complexity index is 671. The molecule has 0 heterocycles. The molecule has 6 heteroatoms. The zero-order chi connectivity index (χ0) is 15.9. The van der Waals surface area contributed by atoms with Gasteiger partial charge in [0.1, 0.15) is 11.6 Å². The van der Waals surface area contributed by atoms with E-state index in [0.29, 0.717) is 17.9 Å². The van der Waals surface area contributed by atoms with Gasteiger partial charge in [0, 0.05) is 5.56 Å². The van der Waals surface area contributed by atoms with Crippen molar-refractivity contribution >= 4 is 11.8 Å². The van der Waals surface area contributed by atoms with Crippen molar-refractivity contribution < 1.29 is 18.7 Å². The van der Waals surface area contributed by atoms with Crippen LogP contribution in [-0.4, -0.2) is 18.4 Å². The van der Waals surface area contributed by atoms with E-state index in [9.17, 15) is 14.0 Å². The van der Waals surface area contributed by atoms with Crippen LogP contribution in [0.5, 0.6) is 5.75 Å². The summed E-state index contributed by atoms with van der Waals surface area (Å²) in [6.45, 7) is 2.39. The maximum atomic E-state index is 13.4. The van der Waals surface area contributed by atoms with Gasteiger partial charge in [-0.2, -0.15) is 0 Å². The van der Waals surface area contributed by atoms with E-state index in [4.69, 9.17) is 4.74 Å². The smallest absolute Gasteiger partial charge is 0.272 e. The van der Waals surface area contributed by atoms with Gasteiger partial charge in [-0.3, -0.25) is 20.4 Å². The Morgan fingerprint density at radius 3 is 2.27 bits per heavy atom. The summed E-state index contributed by atoms with van der Waals surface area (Å²) in [7, 11) is 0. The second kappa shape index (κ2) is 7.21. The van der Waals surface area contributed by atoms with E-state index >= 15 is 0 Å². The summed E-state index contributed by atoms with van der Waals surface area (Å²) in [5.74, 6) is -1.24. The van der Waals surface area contributed by atoms with Gasteiger partial charge in [-0.05, 0) is 43.3 Å². The third-order valence-electron chi connectivity index (χ3n) is 2.84. The van der Waals surface area contributed by atoms with Gasteiger partial charge in [0.05, 0.1) is 12.2 Å². The van der Waals surface area contributed by atoms with E-state index in [1.165, 1.54) is 24.3 Å². The number of carbonyl (C=O) groups excluding carboxylic acids is 2. The summed E-state index contributed by atoms with van der Waals surface area (Å²) in [5.41, 5.74) is 4.60. The number of hydrogen-bond donors (Lipinski definition) is 2. The Balaban J connectivity index is 1.95. The minimum Gasteiger partial charge on any atom is -0.494 e. The van der Waals surface area contributed by atoms with Gasteiger partial charge in [0.2, 0.25) is 0 Å². The standard InChI is InChI=1S/C16H15FN2O3/c1-2-22-12-9-7-11(8-10-12)15(20)18-19-16(21)13-5-3-4-6-14(13)17/h3-10H,2H2,1H3,(H,18,20)(H,19,21). The van der Waals surface area contributed by atoms with Crippen LogP contribution >= 0.6 is 0 Å². The van der Waals surface area contributed by atoms with Crippen LogP contribution in [0.15, 0.2) is 48.5 Å². The number of carbonyl (C=O) groups is 2. The first kappa shape index (κ1) is 15.5. The number of amides is 2. The SMILES string of the molecule is CCOc1ccc(C(=O)NNC(=O)c2ccccc2F)cc1. The maximum absolute atomic E-state index is 13.4. The molecule has 114 valence electrons. The predicted octanol–water partition coefficient (Wildman–Crippen LogP) is 2.30. The van der Waals surface area contributed by atoms with Crippen molar-refractivity contribution in [2.75, 3.05) is 6.61 Å². The van der Waals surface area contributed by atoms with Gasteiger partial charge in [-0.1, -0.05) is 12.1 Å². The van der Waals surface area contributed by atoms with E-state index in [2.05, 4.69) is 10.9 Å². The molecule has 22 heavy (non-hydrogen) atoms. The Morgan fingerprint density at radius 2 is 1.64 bits per heavy atom. The van der Waals surface area contributed by atoms with E-state index in [1.54, 1.807) is 24.3 Å². The molecule has 0 fully saturated rings. The van der Waals surface area contributed by atoms with Crippen molar-refractivity contribution in [1.82, 2.24) is 10.9 Å². The van der Waals surface area contributed by atoms with Crippen LogP contribution < -0.4 is 15.6 Å². The Labute approximate surface area is 127 Å². The Kier molecular flexibility index (Phi) is 5.08.